The van der Waals surface area contributed by atoms with Crippen LogP contribution in [0.5, 0.6) is 11.5 Å². The first kappa shape index (κ1) is 21.1. The van der Waals surface area contributed by atoms with Crippen molar-refractivity contribution in [3.05, 3.63) is 69.0 Å². The molecule has 1 heterocycles. The van der Waals surface area contributed by atoms with Crippen LogP contribution in [0.15, 0.2) is 42.7 Å². The van der Waals surface area contributed by atoms with Crippen LogP contribution < -0.4 is 20.1 Å². The van der Waals surface area contributed by atoms with E-state index in [9.17, 15) is 10.1 Å². The molecule has 0 unspecified atom stereocenters. The number of aromatic nitrogens is 2. The molecule has 0 fully saturated rings. The molecule has 0 atom stereocenters. The molecule has 0 amide bonds. The summed E-state index contributed by atoms with van der Waals surface area (Å²) in [7, 11) is 2.95. The summed E-state index contributed by atoms with van der Waals surface area (Å²) in [6.45, 7) is 2.36. The minimum Gasteiger partial charge on any atom is -0.495 e. The molecule has 0 spiro atoms. The van der Waals surface area contributed by atoms with Gasteiger partial charge in [0.15, 0.2) is 0 Å². The molecule has 1 aromatic heterocycles. The summed E-state index contributed by atoms with van der Waals surface area (Å²) >= 11 is 6.19. The van der Waals surface area contributed by atoms with Crippen molar-refractivity contribution in [3.63, 3.8) is 0 Å². The van der Waals surface area contributed by atoms with Crippen LogP contribution in [0.25, 0.3) is 0 Å². The smallest absolute Gasteiger partial charge is 0.353 e. The maximum Gasteiger partial charge on any atom is 0.353 e. The van der Waals surface area contributed by atoms with E-state index < -0.39 is 4.92 Å². The molecule has 0 radical (unpaired) electrons. The molecule has 0 saturated heterocycles. The van der Waals surface area contributed by atoms with Gasteiger partial charge in [0.2, 0.25) is 11.6 Å². The quantitative estimate of drug-likeness (QED) is 0.390. The third kappa shape index (κ3) is 4.69. The van der Waals surface area contributed by atoms with E-state index in [0.29, 0.717) is 28.8 Å². The third-order valence-corrected chi connectivity index (χ3v) is 4.61. The Morgan fingerprint density at radius 1 is 1.07 bits per heavy atom. The molecule has 9 nitrogen and oxygen atoms in total. The number of anilines is 3. The number of hydrogen-bond acceptors (Lipinski definition) is 8. The maximum absolute atomic E-state index is 11.8. The van der Waals surface area contributed by atoms with Crippen LogP contribution in [-0.2, 0) is 6.54 Å². The highest BCUT2D eigenvalue weighted by Crippen LogP contribution is 2.39. The van der Waals surface area contributed by atoms with Crippen molar-refractivity contribution in [2.24, 2.45) is 0 Å². The molecule has 0 aliphatic rings. The lowest BCUT2D eigenvalue weighted by Crippen LogP contribution is -2.08. The Morgan fingerprint density at radius 3 is 2.37 bits per heavy atom. The highest BCUT2D eigenvalue weighted by Gasteiger charge is 2.24. The molecule has 10 heteroatoms. The number of aryl methyl sites for hydroxylation is 1. The molecule has 156 valence electrons. The SMILES string of the molecule is COc1cc(OC)c(Nc2ncnc(NCc3ccc(C)cc3)c2[N+](=O)[O-])cc1Cl. The minimum absolute atomic E-state index is 0.000870. The molecule has 30 heavy (non-hydrogen) atoms. The van der Waals surface area contributed by atoms with Gasteiger partial charge in [0.1, 0.15) is 17.8 Å². The molecule has 2 N–H and O–H groups in total. The van der Waals surface area contributed by atoms with E-state index in [1.54, 1.807) is 12.1 Å². The lowest BCUT2D eigenvalue weighted by atomic mass is 10.1. The molecular formula is C20H20ClN5O4. The largest absolute Gasteiger partial charge is 0.495 e. The van der Waals surface area contributed by atoms with E-state index in [2.05, 4.69) is 20.6 Å². The molecule has 3 rings (SSSR count). The van der Waals surface area contributed by atoms with Gasteiger partial charge in [0, 0.05) is 12.6 Å². The highest BCUT2D eigenvalue weighted by atomic mass is 35.5. The Hall–Kier alpha value is -3.59. The average molecular weight is 430 g/mol. The number of nitro groups is 1. The van der Waals surface area contributed by atoms with Crippen molar-refractivity contribution in [3.8, 4) is 11.5 Å². The predicted molar refractivity (Wildman–Crippen MR) is 115 cm³/mol. The molecule has 2 aromatic carbocycles. The lowest BCUT2D eigenvalue weighted by Gasteiger charge is -2.14. The summed E-state index contributed by atoms with van der Waals surface area (Å²) in [5, 5.41) is 18.0. The standard InChI is InChI=1S/C20H20ClN5O4/c1-12-4-6-13(7-5-12)10-22-19-18(26(27)28)20(24-11-23-19)25-15-8-14(21)16(29-2)9-17(15)30-3/h4-9,11H,10H2,1-3H3,(H2,22,23,24,25). The maximum atomic E-state index is 11.8. The zero-order valence-electron chi connectivity index (χ0n) is 16.6. The van der Waals surface area contributed by atoms with E-state index in [-0.39, 0.29) is 17.3 Å². The van der Waals surface area contributed by atoms with Crippen LogP contribution in [0, 0.1) is 17.0 Å². The molecule has 3 aromatic rings. The number of methoxy groups -OCH3 is 2. The Morgan fingerprint density at radius 2 is 1.73 bits per heavy atom. The molecule has 0 bridgehead atoms. The Labute approximate surface area is 178 Å². The summed E-state index contributed by atoms with van der Waals surface area (Å²) < 4.78 is 10.5. The summed E-state index contributed by atoms with van der Waals surface area (Å²) in [6.07, 6.45) is 1.24. The number of nitrogens with zero attached hydrogens (tertiary/aromatic N) is 3. The fourth-order valence-electron chi connectivity index (χ4n) is 2.75. The monoisotopic (exact) mass is 429 g/mol. The second kappa shape index (κ2) is 9.27. The van der Waals surface area contributed by atoms with Crippen LogP contribution in [-0.4, -0.2) is 29.1 Å². The van der Waals surface area contributed by atoms with E-state index in [1.807, 2.05) is 31.2 Å². The molecule has 0 aliphatic carbocycles. The Kier molecular flexibility index (Phi) is 6.53. The highest BCUT2D eigenvalue weighted by molar-refractivity contribution is 6.32. The topological polar surface area (TPSA) is 111 Å². The van der Waals surface area contributed by atoms with Gasteiger partial charge in [0.05, 0.1) is 29.9 Å². The van der Waals surface area contributed by atoms with Crippen LogP contribution in [0.2, 0.25) is 5.02 Å². The van der Waals surface area contributed by atoms with Gasteiger partial charge in [-0.05, 0) is 18.6 Å². The lowest BCUT2D eigenvalue weighted by molar-refractivity contribution is -0.383. The fraction of sp³-hybridized carbons (Fsp3) is 0.200. The number of rotatable bonds is 8. The fourth-order valence-corrected chi connectivity index (χ4v) is 2.99. The van der Waals surface area contributed by atoms with E-state index in [1.165, 1.54) is 20.5 Å². The van der Waals surface area contributed by atoms with E-state index in [4.69, 9.17) is 21.1 Å². The number of nitrogens with one attached hydrogen (secondary N) is 2. The Bertz CT molecular complexity index is 1060. The van der Waals surface area contributed by atoms with Gasteiger partial charge in [-0.15, -0.1) is 0 Å². The number of ether oxygens (including phenoxy) is 2. The van der Waals surface area contributed by atoms with E-state index >= 15 is 0 Å². The van der Waals surface area contributed by atoms with Gasteiger partial charge in [-0.2, -0.15) is 0 Å². The first-order valence-electron chi connectivity index (χ1n) is 8.90. The summed E-state index contributed by atoms with van der Waals surface area (Å²) in [6, 6.07) is 11.0. The third-order valence-electron chi connectivity index (χ3n) is 4.31. The second-order valence-electron chi connectivity index (χ2n) is 6.33. The predicted octanol–water partition coefficient (Wildman–Crippen LogP) is 4.72. The minimum atomic E-state index is -0.544. The van der Waals surface area contributed by atoms with Gasteiger partial charge < -0.3 is 20.1 Å². The number of benzene rings is 2. The van der Waals surface area contributed by atoms with Crippen LogP contribution >= 0.6 is 11.6 Å². The van der Waals surface area contributed by atoms with Crippen molar-refractivity contribution in [1.82, 2.24) is 9.97 Å². The van der Waals surface area contributed by atoms with E-state index in [0.717, 1.165) is 11.1 Å². The number of hydrogen-bond donors (Lipinski definition) is 2. The summed E-state index contributed by atoms with van der Waals surface area (Å²) in [4.78, 5) is 19.3. The summed E-state index contributed by atoms with van der Waals surface area (Å²) in [5.74, 6) is 0.896. The molecule has 0 saturated carbocycles. The zero-order valence-corrected chi connectivity index (χ0v) is 17.4. The second-order valence-corrected chi connectivity index (χ2v) is 6.73. The van der Waals surface area contributed by atoms with Crippen LogP contribution in [0.3, 0.4) is 0 Å². The van der Waals surface area contributed by atoms with Gasteiger partial charge >= 0.3 is 5.69 Å². The first-order valence-corrected chi connectivity index (χ1v) is 9.28. The van der Waals surface area contributed by atoms with Crippen molar-refractivity contribution in [2.45, 2.75) is 13.5 Å². The van der Waals surface area contributed by atoms with Gasteiger partial charge in [0.25, 0.3) is 0 Å². The van der Waals surface area contributed by atoms with Crippen LogP contribution in [0.4, 0.5) is 23.0 Å². The van der Waals surface area contributed by atoms with Crippen molar-refractivity contribution in [2.75, 3.05) is 24.9 Å². The Balaban J connectivity index is 1.92. The average Bonchev–Trinajstić information content (AvgIpc) is 2.73. The molecule has 0 aliphatic heterocycles. The number of halogens is 1. The van der Waals surface area contributed by atoms with Crippen molar-refractivity contribution < 1.29 is 14.4 Å². The van der Waals surface area contributed by atoms with Gasteiger partial charge in [-0.25, -0.2) is 9.97 Å². The van der Waals surface area contributed by atoms with Crippen LogP contribution in [0.1, 0.15) is 11.1 Å². The van der Waals surface area contributed by atoms with Crippen molar-refractivity contribution in [1.29, 1.82) is 0 Å². The zero-order chi connectivity index (χ0) is 21.7. The normalized spacial score (nSPS) is 10.4. The van der Waals surface area contributed by atoms with Crippen molar-refractivity contribution >= 4 is 34.6 Å². The van der Waals surface area contributed by atoms with Gasteiger partial charge in [-0.1, -0.05) is 41.4 Å². The summed E-state index contributed by atoms with van der Waals surface area (Å²) in [5.41, 5.74) is 2.20. The first-order chi connectivity index (χ1) is 14.4. The van der Waals surface area contributed by atoms with Gasteiger partial charge in [-0.3, -0.25) is 10.1 Å². The molecular weight excluding hydrogens is 410 g/mol.